The van der Waals surface area contributed by atoms with Gasteiger partial charge in [0, 0.05) is 17.4 Å². The average Bonchev–Trinajstić information content (AvgIpc) is 2.90. The fourth-order valence-corrected chi connectivity index (χ4v) is 3.08. The zero-order valence-corrected chi connectivity index (χ0v) is 11.4. The second kappa shape index (κ2) is 4.34. The molecule has 1 heterocycles. The molecule has 0 amide bonds. The van der Waals surface area contributed by atoms with Gasteiger partial charge in [0.05, 0.1) is 11.0 Å². The summed E-state index contributed by atoms with van der Waals surface area (Å²) in [4.78, 5) is 19.8. The molecule has 1 aliphatic carbocycles. The first kappa shape index (κ1) is 12.2. The van der Waals surface area contributed by atoms with Crippen molar-refractivity contribution in [1.82, 2.24) is 9.97 Å². The number of aromatic amines is 1. The van der Waals surface area contributed by atoms with E-state index in [0.717, 1.165) is 35.3 Å². The third-order valence-corrected chi connectivity index (χ3v) is 3.97. The molecule has 2 aromatic rings. The predicted octanol–water partition coefficient (Wildman–Crippen LogP) is 3.73. The Kier molecular flexibility index (Phi) is 2.77. The molecule has 3 nitrogen and oxygen atoms in total. The van der Waals surface area contributed by atoms with Crippen LogP contribution in [0.5, 0.6) is 0 Å². The number of ketones is 1. The van der Waals surface area contributed by atoms with Crippen LogP contribution in [0.25, 0.3) is 16.6 Å². The molecule has 0 saturated heterocycles. The molecule has 1 atom stereocenters. The molecule has 98 valence electrons. The molecule has 1 aromatic heterocycles. The summed E-state index contributed by atoms with van der Waals surface area (Å²) >= 11 is 0. The zero-order chi connectivity index (χ0) is 13.5. The molecule has 19 heavy (non-hydrogen) atoms. The molecule has 1 unspecified atom stereocenters. The highest BCUT2D eigenvalue weighted by Crippen LogP contribution is 2.45. The number of carbonyl (C=O) groups excluding carboxylic acids is 1. The lowest BCUT2D eigenvalue weighted by atomic mass is 9.79. The Hall–Kier alpha value is -1.90. The van der Waals surface area contributed by atoms with Crippen LogP contribution in [0.15, 0.2) is 30.3 Å². The van der Waals surface area contributed by atoms with Crippen LogP contribution in [-0.2, 0) is 4.79 Å². The number of para-hydroxylation sites is 2. The van der Waals surface area contributed by atoms with Gasteiger partial charge in [-0.1, -0.05) is 32.4 Å². The summed E-state index contributed by atoms with van der Waals surface area (Å²) in [7, 11) is 0. The van der Waals surface area contributed by atoms with Gasteiger partial charge in [-0.3, -0.25) is 4.79 Å². The van der Waals surface area contributed by atoms with Gasteiger partial charge in [0.1, 0.15) is 5.82 Å². The van der Waals surface area contributed by atoms with Crippen molar-refractivity contribution in [3.8, 4) is 0 Å². The molecule has 0 aliphatic heterocycles. The minimum Gasteiger partial charge on any atom is -0.338 e. The van der Waals surface area contributed by atoms with E-state index >= 15 is 0 Å². The van der Waals surface area contributed by atoms with Gasteiger partial charge in [0.25, 0.3) is 0 Å². The smallest absolute Gasteiger partial charge is 0.157 e. The number of fused-ring (bicyclic) bond motifs is 1. The van der Waals surface area contributed by atoms with E-state index in [4.69, 9.17) is 0 Å². The molecule has 1 N–H and O–H groups in total. The number of rotatable bonds is 3. The van der Waals surface area contributed by atoms with Crippen molar-refractivity contribution in [2.45, 2.75) is 33.1 Å². The number of imidazole rings is 1. The maximum absolute atomic E-state index is 11.8. The van der Waals surface area contributed by atoms with E-state index in [1.165, 1.54) is 0 Å². The van der Waals surface area contributed by atoms with Crippen molar-refractivity contribution in [2.24, 2.45) is 5.41 Å². The number of allylic oxidation sites excluding steroid dienone is 2. The summed E-state index contributed by atoms with van der Waals surface area (Å²) in [5.74, 6) is 1.06. The van der Waals surface area contributed by atoms with Crippen LogP contribution in [0.3, 0.4) is 0 Å². The fraction of sp³-hybridized carbons (Fsp3) is 0.375. The second-order valence-corrected chi connectivity index (χ2v) is 5.61. The van der Waals surface area contributed by atoms with Gasteiger partial charge in [-0.15, -0.1) is 0 Å². The van der Waals surface area contributed by atoms with Crippen LogP contribution in [-0.4, -0.2) is 15.8 Å². The molecule has 1 aliphatic rings. The van der Waals surface area contributed by atoms with Crippen LogP contribution >= 0.6 is 0 Å². The van der Waals surface area contributed by atoms with Crippen molar-refractivity contribution >= 4 is 22.4 Å². The van der Waals surface area contributed by atoms with Crippen LogP contribution in [0.4, 0.5) is 0 Å². The highest BCUT2D eigenvalue weighted by molar-refractivity contribution is 6.03. The molecule has 0 fully saturated rings. The molecule has 0 saturated carbocycles. The van der Waals surface area contributed by atoms with E-state index in [1.54, 1.807) is 6.08 Å². The number of carbonyl (C=O) groups is 1. The van der Waals surface area contributed by atoms with E-state index in [2.05, 4.69) is 23.8 Å². The van der Waals surface area contributed by atoms with Gasteiger partial charge in [0.2, 0.25) is 0 Å². The summed E-state index contributed by atoms with van der Waals surface area (Å²) in [6, 6.07) is 7.97. The Morgan fingerprint density at radius 2 is 2.16 bits per heavy atom. The summed E-state index contributed by atoms with van der Waals surface area (Å²) in [5.41, 5.74) is 2.98. The number of aromatic nitrogens is 2. The van der Waals surface area contributed by atoms with Crippen molar-refractivity contribution in [1.29, 1.82) is 0 Å². The molecule has 1 aromatic carbocycles. The number of hydrogen-bond donors (Lipinski definition) is 1. The van der Waals surface area contributed by atoms with Gasteiger partial charge in [-0.05, 0) is 24.6 Å². The largest absolute Gasteiger partial charge is 0.338 e. The quantitative estimate of drug-likeness (QED) is 0.907. The van der Waals surface area contributed by atoms with Gasteiger partial charge in [-0.25, -0.2) is 4.98 Å². The average molecular weight is 254 g/mol. The number of benzene rings is 1. The first-order chi connectivity index (χ1) is 9.12. The van der Waals surface area contributed by atoms with E-state index in [1.807, 2.05) is 24.3 Å². The van der Waals surface area contributed by atoms with Gasteiger partial charge in [0.15, 0.2) is 5.78 Å². The third kappa shape index (κ3) is 1.99. The Bertz CT molecular complexity index is 635. The Morgan fingerprint density at radius 3 is 2.89 bits per heavy atom. The van der Waals surface area contributed by atoms with Crippen LogP contribution in [0.1, 0.15) is 38.9 Å². The summed E-state index contributed by atoms with van der Waals surface area (Å²) in [5, 5.41) is 0. The highest BCUT2D eigenvalue weighted by atomic mass is 16.1. The summed E-state index contributed by atoms with van der Waals surface area (Å²) < 4.78 is 0. The van der Waals surface area contributed by atoms with E-state index < -0.39 is 0 Å². The minimum atomic E-state index is -0.0697. The minimum absolute atomic E-state index is 0.0697. The number of H-pyrrole nitrogens is 1. The third-order valence-electron chi connectivity index (χ3n) is 3.97. The molecule has 3 heteroatoms. The topological polar surface area (TPSA) is 45.8 Å². The Morgan fingerprint density at radius 1 is 1.37 bits per heavy atom. The standard InChI is InChI=1S/C16H18N2O/c1-3-8-16(2)10-11(19)9-12(16)15-17-13-6-4-5-7-14(13)18-15/h4-7,9H,3,8,10H2,1-2H3,(H,17,18). The maximum atomic E-state index is 11.8. The first-order valence-corrected chi connectivity index (χ1v) is 6.82. The first-order valence-electron chi connectivity index (χ1n) is 6.82. The van der Waals surface area contributed by atoms with Gasteiger partial charge in [-0.2, -0.15) is 0 Å². The number of nitrogens with zero attached hydrogens (tertiary/aromatic N) is 1. The van der Waals surface area contributed by atoms with Crippen molar-refractivity contribution in [3.63, 3.8) is 0 Å². The normalized spacial score (nSPS) is 23.1. The SMILES string of the molecule is CCCC1(C)CC(=O)C=C1c1nc2ccccc2[nH]1. The number of nitrogens with one attached hydrogen (secondary N) is 1. The molecule has 0 spiro atoms. The van der Waals surface area contributed by atoms with E-state index in [9.17, 15) is 4.79 Å². The molecular weight excluding hydrogens is 236 g/mol. The van der Waals surface area contributed by atoms with Crippen LogP contribution < -0.4 is 0 Å². The predicted molar refractivity (Wildman–Crippen MR) is 76.7 cm³/mol. The fourth-order valence-electron chi connectivity index (χ4n) is 3.08. The summed E-state index contributed by atoms with van der Waals surface area (Å²) in [6.45, 7) is 4.32. The van der Waals surface area contributed by atoms with Crippen molar-refractivity contribution in [2.75, 3.05) is 0 Å². The van der Waals surface area contributed by atoms with Gasteiger partial charge >= 0.3 is 0 Å². The lowest BCUT2D eigenvalue weighted by molar-refractivity contribution is -0.115. The Labute approximate surface area is 112 Å². The lowest BCUT2D eigenvalue weighted by Gasteiger charge is -2.25. The molecule has 0 radical (unpaired) electrons. The van der Waals surface area contributed by atoms with E-state index in [0.29, 0.717) is 6.42 Å². The highest BCUT2D eigenvalue weighted by Gasteiger charge is 2.38. The van der Waals surface area contributed by atoms with Crippen LogP contribution in [0, 0.1) is 5.41 Å². The van der Waals surface area contributed by atoms with E-state index in [-0.39, 0.29) is 11.2 Å². The molecular formula is C16H18N2O. The summed E-state index contributed by atoms with van der Waals surface area (Å²) in [6.07, 6.45) is 4.46. The lowest BCUT2D eigenvalue weighted by Crippen LogP contribution is -2.16. The van der Waals surface area contributed by atoms with Gasteiger partial charge < -0.3 is 4.98 Å². The molecule has 3 rings (SSSR count). The van der Waals surface area contributed by atoms with Crippen LogP contribution in [0.2, 0.25) is 0 Å². The van der Waals surface area contributed by atoms with Crippen molar-refractivity contribution < 1.29 is 4.79 Å². The Balaban J connectivity index is 2.08. The molecule has 0 bridgehead atoms. The second-order valence-electron chi connectivity index (χ2n) is 5.61. The van der Waals surface area contributed by atoms with Crippen molar-refractivity contribution in [3.05, 3.63) is 36.2 Å². The zero-order valence-electron chi connectivity index (χ0n) is 11.4. The maximum Gasteiger partial charge on any atom is 0.157 e. The monoisotopic (exact) mass is 254 g/mol. The number of hydrogen-bond acceptors (Lipinski definition) is 2.